The Labute approximate surface area is 97.3 Å². The molecule has 0 radical (unpaired) electrons. The molecule has 96 valence electrons. The molecule has 0 fully saturated rings. The smallest absolute Gasteiger partial charge is 0.303 e. The number of nitrogens with one attached hydrogen (secondary N) is 1. The number of rotatable bonds is 8. The molecular formula is C10H21NO4S. The number of carbonyl (C=O) groups is 1. The Morgan fingerprint density at radius 2 is 1.94 bits per heavy atom. The Hall–Kier alpha value is -0.620. The molecule has 0 unspecified atom stereocenters. The second-order valence-corrected chi connectivity index (χ2v) is 6.44. The molecule has 0 saturated carbocycles. The molecule has 6 heteroatoms. The largest absolute Gasteiger partial charge is 0.481 e. The number of sulfonamides is 1. The maximum atomic E-state index is 11.2. The van der Waals surface area contributed by atoms with Crippen LogP contribution >= 0.6 is 0 Å². The molecule has 1 atom stereocenters. The van der Waals surface area contributed by atoms with Crippen LogP contribution in [0.1, 0.15) is 33.6 Å². The maximum Gasteiger partial charge on any atom is 0.303 e. The van der Waals surface area contributed by atoms with Gasteiger partial charge in [0.2, 0.25) is 10.0 Å². The van der Waals surface area contributed by atoms with Gasteiger partial charge >= 0.3 is 5.97 Å². The fourth-order valence-corrected chi connectivity index (χ4v) is 2.19. The van der Waals surface area contributed by atoms with Crippen molar-refractivity contribution >= 4 is 16.0 Å². The van der Waals surface area contributed by atoms with E-state index < -0.39 is 16.0 Å². The molecule has 0 amide bonds. The quantitative estimate of drug-likeness (QED) is 0.675. The lowest BCUT2D eigenvalue weighted by molar-refractivity contribution is -0.138. The van der Waals surface area contributed by atoms with Gasteiger partial charge in [-0.2, -0.15) is 0 Å². The summed E-state index contributed by atoms with van der Waals surface area (Å²) in [5, 5.41) is 8.71. The van der Waals surface area contributed by atoms with Crippen molar-refractivity contribution in [3.05, 3.63) is 0 Å². The van der Waals surface area contributed by atoms with Crippen LogP contribution in [0.25, 0.3) is 0 Å². The maximum absolute atomic E-state index is 11.2. The topological polar surface area (TPSA) is 83.5 Å². The molecule has 0 aromatic rings. The summed E-state index contributed by atoms with van der Waals surface area (Å²) in [5.41, 5.74) is 0. The highest BCUT2D eigenvalue weighted by Crippen LogP contribution is 2.14. The van der Waals surface area contributed by atoms with Gasteiger partial charge in [0.15, 0.2) is 0 Å². The van der Waals surface area contributed by atoms with E-state index in [2.05, 4.69) is 4.72 Å². The van der Waals surface area contributed by atoms with E-state index in [4.69, 9.17) is 5.11 Å². The van der Waals surface area contributed by atoms with Gasteiger partial charge in [0.25, 0.3) is 0 Å². The third-order valence-electron chi connectivity index (χ3n) is 2.24. The first-order valence-corrected chi connectivity index (χ1v) is 7.11. The molecule has 0 saturated heterocycles. The molecule has 16 heavy (non-hydrogen) atoms. The van der Waals surface area contributed by atoms with E-state index in [0.29, 0.717) is 12.3 Å². The fraction of sp³-hybridized carbons (Fsp3) is 0.900. The van der Waals surface area contributed by atoms with E-state index in [1.165, 1.54) is 0 Å². The van der Waals surface area contributed by atoms with E-state index in [0.717, 1.165) is 0 Å². The Kier molecular flexibility index (Phi) is 6.59. The zero-order valence-electron chi connectivity index (χ0n) is 10.1. The van der Waals surface area contributed by atoms with Gasteiger partial charge in [0.1, 0.15) is 0 Å². The highest BCUT2D eigenvalue weighted by atomic mass is 32.2. The lowest BCUT2D eigenvalue weighted by Crippen LogP contribution is -2.32. The molecule has 0 aromatic carbocycles. The Morgan fingerprint density at radius 3 is 2.31 bits per heavy atom. The SMILES string of the molecule is CCS(=O)(=O)NC[C@H](CC(=O)O)CC(C)C. The van der Waals surface area contributed by atoms with Gasteiger partial charge in [-0.1, -0.05) is 13.8 Å². The van der Waals surface area contributed by atoms with Crippen LogP contribution < -0.4 is 4.72 Å². The highest BCUT2D eigenvalue weighted by Gasteiger charge is 2.17. The molecule has 0 aromatic heterocycles. The van der Waals surface area contributed by atoms with Crippen molar-refractivity contribution in [2.45, 2.75) is 33.6 Å². The first-order chi connectivity index (χ1) is 7.26. The molecule has 5 nitrogen and oxygen atoms in total. The third kappa shape index (κ3) is 7.64. The minimum Gasteiger partial charge on any atom is -0.481 e. The molecule has 0 aliphatic heterocycles. The molecule has 0 bridgehead atoms. The van der Waals surface area contributed by atoms with Crippen LogP contribution in [0.2, 0.25) is 0 Å². The number of hydrogen-bond acceptors (Lipinski definition) is 3. The minimum absolute atomic E-state index is 0.00438. The lowest BCUT2D eigenvalue weighted by atomic mass is 9.94. The Morgan fingerprint density at radius 1 is 1.38 bits per heavy atom. The average molecular weight is 251 g/mol. The zero-order chi connectivity index (χ0) is 12.8. The van der Waals surface area contributed by atoms with Gasteiger partial charge in [-0.3, -0.25) is 4.79 Å². The van der Waals surface area contributed by atoms with Gasteiger partial charge in [0, 0.05) is 13.0 Å². The van der Waals surface area contributed by atoms with Crippen LogP contribution in [0.15, 0.2) is 0 Å². The summed E-state index contributed by atoms with van der Waals surface area (Å²) in [6, 6.07) is 0. The molecular weight excluding hydrogens is 230 g/mol. The van der Waals surface area contributed by atoms with E-state index in [1.54, 1.807) is 6.92 Å². The van der Waals surface area contributed by atoms with Crippen LogP contribution in [-0.2, 0) is 14.8 Å². The predicted molar refractivity (Wildman–Crippen MR) is 62.7 cm³/mol. The average Bonchev–Trinajstić information content (AvgIpc) is 2.13. The summed E-state index contributed by atoms with van der Waals surface area (Å²) in [7, 11) is -3.23. The van der Waals surface area contributed by atoms with Crippen LogP contribution in [0.5, 0.6) is 0 Å². The number of carboxylic acid groups (broad SMARTS) is 1. The number of aliphatic carboxylic acids is 1. The van der Waals surface area contributed by atoms with Gasteiger partial charge < -0.3 is 5.11 Å². The van der Waals surface area contributed by atoms with Crippen LogP contribution in [-0.4, -0.2) is 31.8 Å². The van der Waals surface area contributed by atoms with E-state index in [9.17, 15) is 13.2 Å². The van der Waals surface area contributed by atoms with Gasteiger partial charge in [0.05, 0.1) is 5.75 Å². The van der Waals surface area contributed by atoms with Crippen LogP contribution in [0, 0.1) is 11.8 Å². The van der Waals surface area contributed by atoms with E-state index >= 15 is 0 Å². The third-order valence-corrected chi connectivity index (χ3v) is 3.61. The molecule has 0 aliphatic carbocycles. The van der Waals surface area contributed by atoms with Crippen molar-refractivity contribution in [1.29, 1.82) is 0 Å². The summed E-state index contributed by atoms with van der Waals surface area (Å²) >= 11 is 0. The fourth-order valence-electron chi connectivity index (χ4n) is 1.50. The Balaban J connectivity index is 4.26. The molecule has 0 heterocycles. The van der Waals surface area contributed by atoms with Crippen molar-refractivity contribution in [2.75, 3.05) is 12.3 Å². The van der Waals surface area contributed by atoms with Crippen molar-refractivity contribution in [3.8, 4) is 0 Å². The molecule has 0 aliphatic rings. The lowest BCUT2D eigenvalue weighted by Gasteiger charge is -2.17. The summed E-state index contributed by atoms with van der Waals surface area (Å²) < 4.78 is 24.9. The molecule has 0 spiro atoms. The second kappa shape index (κ2) is 6.85. The Bertz CT molecular complexity index is 311. The summed E-state index contributed by atoms with van der Waals surface area (Å²) in [6.45, 7) is 5.74. The number of carboxylic acids is 1. The van der Waals surface area contributed by atoms with Gasteiger partial charge in [-0.15, -0.1) is 0 Å². The highest BCUT2D eigenvalue weighted by molar-refractivity contribution is 7.89. The summed E-state index contributed by atoms with van der Waals surface area (Å²) in [6.07, 6.45) is 0.711. The van der Waals surface area contributed by atoms with Gasteiger partial charge in [-0.05, 0) is 25.2 Å². The van der Waals surface area contributed by atoms with Crippen LogP contribution in [0.4, 0.5) is 0 Å². The van der Waals surface area contributed by atoms with E-state index in [-0.39, 0.29) is 24.6 Å². The molecule has 0 rings (SSSR count). The number of hydrogen-bond donors (Lipinski definition) is 2. The van der Waals surface area contributed by atoms with Crippen molar-refractivity contribution in [3.63, 3.8) is 0 Å². The summed E-state index contributed by atoms with van der Waals surface area (Å²) in [4.78, 5) is 10.6. The zero-order valence-corrected chi connectivity index (χ0v) is 10.9. The first-order valence-electron chi connectivity index (χ1n) is 5.46. The molecule has 2 N–H and O–H groups in total. The summed E-state index contributed by atoms with van der Waals surface area (Å²) in [5.74, 6) is -0.648. The standard InChI is InChI=1S/C10H21NO4S/c1-4-16(14,15)11-7-9(5-8(2)3)6-10(12)13/h8-9,11H,4-7H2,1-3H3,(H,12,13)/t9-/m0/s1. The predicted octanol–water partition coefficient (Wildman–Crippen LogP) is 1.06. The van der Waals surface area contributed by atoms with Gasteiger partial charge in [-0.25, -0.2) is 13.1 Å². The first kappa shape index (κ1) is 15.4. The van der Waals surface area contributed by atoms with Crippen LogP contribution in [0.3, 0.4) is 0 Å². The van der Waals surface area contributed by atoms with E-state index in [1.807, 2.05) is 13.8 Å². The van der Waals surface area contributed by atoms with Crippen molar-refractivity contribution in [2.24, 2.45) is 11.8 Å². The minimum atomic E-state index is -3.23. The van der Waals surface area contributed by atoms with Crippen molar-refractivity contribution < 1.29 is 18.3 Å². The normalized spacial score (nSPS) is 14.0. The van der Waals surface area contributed by atoms with Crippen molar-refractivity contribution in [1.82, 2.24) is 4.72 Å². The second-order valence-electron chi connectivity index (χ2n) is 4.35. The monoisotopic (exact) mass is 251 g/mol.